The molecular formula is C15H12FN4O3S-. The first kappa shape index (κ1) is 17.3. The molecule has 9 heteroatoms. The summed E-state index contributed by atoms with van der Waals surface area (Å²) in [4.78, 5) is 9.94. The molecule has 2 N–H and O–H groups in total. The lowest BCUT2D eigenvalue weighted by molar-refractivity contribution is -0.398. The Kier molecular flexibility index (Phi) is 5.74. The van der Waals surface area contributed by atoms with Gasteiger partial charge in [-0.3, -0.25) is 15.5 Å². The van der Waals surface area contributed by atoms with Crippen LogP contribution in [-0.4, -0.2) is 16.3 Å². The standard InChI is InChI=1S/C15H13FN4O3S/c16-12-4-1-10(2-5-12)8-17-15(24)19-18-9-11-3-6-14(21)13(7-11)20(22)23/h1-7,9,21H,8H2,(H2,17,19,24)/p-1/b18-9-. The van der Waals surface area contributed by atoms with Crippen molar-refractivity contribution in [1.29, 1.82) is 0 Å². The summed E-state index contributed by atoms with van der Waals surface area (Å²) in [6.45, 7) is 0.387. The van der Waals surface area contributed by atoms with Crippen molar-refractivity contribution >= 4 is 29.2 Å². The highest BCUT2D eigenvalue weighted by Crippen LogP contribution is 2.22. The molecule has 2 aromatic carbocycles. The van der Waals surface area contributed by atoms with Crippen LogP contribution in [0.25, 0.3) is 0 Å². The van der Waals surface area contributed by atoms with E-state index in [0.717, 1.165) is 17.7 Å². The summed E-state index contributed by atoms with van der Waals surface area (Å²) in [7, 11) is 0. The fraction of sp³-hybridized carbons (Fsp3) is 0.0667. The average molecular weight is 347 g/mol. The van der Waals surface area contributed by atoms with Gasteiger partial charge >= 0.3 is 0 Å². The van der Waals surface area contributed by atoms with E-state index in [0.29, 0.717) is 12.1 Å². The second-order valence-electron chi connectivity index (χ2n) is 4.66. The molecule has 0 aliphatic rings. The first-order chi connectivity index (χ1) is 11.5. The number of nitrogens with zero attached hydrogens (tertiary/aromatic N) is 2. The molecule has 0 unspecified atom stereocenters. The summed E-state index contributed by atoms with van der Waals surface area (Å²) in [6, 6.07) is 9.58. The van der Waals surface area contributed by atoms with E-state index < -0.39 is 16.4 Å². The molecule has 0 spiro atoms. The number of nitrogens with one attached hydrogen (secondary N) is 2. The van der Waals surface area contributed by atoms with Crippen molar-refractivity contribution in [2.24, 2.45) is 5.10 Å². The molecular weight excluding hydrogens is 335 g/mol. The molecule has 0 saturated carbocycles. The van der Waals surface area contributed by atoms with Gasteiger partial charge in [-0.1, -0.05) is 24.3 Å². The molecule has 24 heavy (non-hydrogen) atoms. The Hall–Kier alpha value is -3.07. The van der Waals surface area contributed by atoms with Gasteiger partial charge in [0, 0.05) is 18.2 Å². The minimum Gasteiger partial charge on any atom is -0.868 e. The molecule has 0 fully saturated rings. The molecule has 0 aliphatic carbocycles. The van der Waals surface area contributed by atoms with E-state index in [1.54, 1.807) is 12.1 Å². The summed E-state index contributed by atoms with van der Waals surface area (Å²) in [5.41, 5.74) is 3.25. The van der Waals surface area contributed by atoms with Crippen molar-refractivity contribution < 1.29 is 14.4 Å². The Morgan fingerprint density at radius 3 is 2.67 bits per heavy atom. The Morgan fingerprint density at radius 2 is 2.00 bits per heavy atom. The van der Waals surface area contributed by atoms with Gasteiger partial charge in [-0.2, -0.15) is 5.10 Å². The largest absolute Gasteiger partial charge is 0.868 e. The number of rotatable bonds is 5. The minimum atomic E-state index is -0.748. The molecule has 0 atom stereocenters. The molecule has 0 bridgehead atoms. The molecule has 2 rings (SSSR count). The SMILES string of the molecule is O=[N+]([O-])c1cc(/C=N\NC(=S)NCc2ccc(F)cc2)ccc1[O-]. The Bertz CT molecular complexity index is 781. The average Bonchev–Trinajstić information content (AvgIpc) is 2.55. The van der Waals surface area contributed by atoms with Crippen molar-refractivity contribution in [1.82, 2.24) is 10.7 Å². The van der Waals surface area contributed by atoms with Gasteiger partial charge in [0.05, 0.1) is 11.1 Å². The van der Waals surface area contributed by atoms with Crippen LogP contribution >= 0.6 is 12.2 Å². The van der Waals surface area contributed by atoms with Crippen molar-refractivity contribution in [3.63, 3.8) is 0 Å². The quantitative estimate of drug-likeness (QED) is 0.370. The van der Waals surface area contributed by atoms with Crippen molar-refractivity contribution in [3.8, 4) is 5.75 Å². The van der Waals surface area contributed by atoms with Gasteiger partial charge in [0.2, 0.25) is 0 Å². The van der Waals surface area contributed by atoms with Crippen molar-refractivity contribution in [2.45, 2.75) is 6.54 Å². The van der Waals surface area contributed by atoms with Gasteiger partial charge in [0.25, 0.3) is 5.69 Å². The lowest BCUT2D eigenvalue weighted by Gasteiger charge is -2.07. The van der Waals surface area contributed by atoms with Gasteiger partial charge < -0.3 is 10.4 Å². The summed E-state index contributed by atoms with van der Waals surface area (Å²) in [5.74, 6) is -0.983. The van der Waals surface area contributed by atoms with Gasteiger partial charge in [0.15, 0.2) is 5.11 Å². The Morgan fingerprint density at radius 1 is 1.29 bits per heavy atom. The zero-order valence-corrected chi connectivity index (χ0v) is 13.0. The number of hydrogen-bond donors (Lipinski definition) is 2. The summed E-state index contributed by atoms with van der Waals surface area (Å²) in [5, 5.41) is 28.9. The van der Waals surface area contributed by atoms with E-state index in [9.17, 15) is 19.6 Å². The number of nitro benzene ring substituents is 1. The van der Waals surface area contributed by atoms with Gasteiger partial charge in [-0.05, 0) is 35.7 Å². The third-order valence-corrected chi connectivity index (χ3v) is 3.16. The zero-order chi connectivity index (χ0) is 17.5. The van der Waals surface area contributed by atoms with E-state index in [-0.39, 0.29) is 10.9 Å². The molecule has 0 heterocycles. The van der Waals surface area contributed by atoms with Crippen LogP contribution in [0.4, 0.5) is 10.1 Å². The van der Waals surface area contributed by atoms with Crippen molar-refractivity contribution in [2.75, 3.05) is 0 Å². The van der Waals surface area contributed by atoms with Gasteiger partial charge in [-0.25, -0.2) is 4.39 Å². The van der Waals surface area contributed by atoms with Crippen LogP contribution in [0.15, 0.2) is 47.6 Å². The fourth-order valence-electron chi connectivity index (χ4n) is 1.75. The number of nitro groups is 1. The molecule has 0 aliphatic heterocycles. The number of halogens is 1. The van der Waals surface area contributed by atoms with Crippen LogP contribution in [0.2, 0.25) is 0 Å². The van der Waals surface area contributed by atoms with Crippen LogP contribution < -0.4 is 15.8 Å². The van der Waals surface area contributed by atoms with Crippen LogP contribution in [0.5, 0.6) is 5.75 Å². The molecule has 2 aromatic rings. The number of hydrogen-bond acceptors (Lipinski definition) is 5. The van der Waals surface area contributed by atoms with Crippen LogP contribution in [-0.2, 0) is 6.54 Å². The highest BCUT2D eigenvalue weighted by atomic mass is 32.1. The maximum absolute atomic E-state index is 12.8. The second-order valence-corrected chi connectivity index (χ2v) is 5.07. The summed E-state index contributed by atoms with van der Waals surface area (Å²) < 4.78 is 12.8. The lowest BCUT2D eigenvalue weighted by atomic mass is 10.2. The Balaban J connectivity index is 1.87. The van der Waals surface area contributed by atoms with Gasteiger partial charge in [0.1, 0.15) is 5.82 Å². The van der Waals surface area contributed by atoms with E-state index >= 15 is 0 Å². The topological polar surface area (TPSA) is 103 Å². The summed E-state index contributed by atoms with van der Waals surface area (Å²) in [6.07, 6.45) is 1.30. The van der Waals surface area contributed by atoms with E-state index in [1.807, 2.05) is 0 Å². The van der Waals surface area contributed by atoms with Crippen LogP contribution in [0.1, 0.15) is 11.1 Å². The molecule has 0 saturated heterocycles. The first-order valence-corrected chi connectivity index (χ1v) is 7.13. The predicted octanol–water partition coefficient (Wildman–Crippen LogP) is 1.81. The van der Waals surface area contributed by atoms with Crippen LogP contribution in [0, 0.1) is 15.9 Å². The number of thiocarbonyl (C=S) groups is 1. The summed E-state index contributed by atoms with van der Waals surface area (Å²) >= 11 is 5.01. The normalized spacial score (nSPS) is 10.5. The number of benzene rings is 2. The molecule has 7 nitrogen and oxygen atoms in total. The zero-order valence-electron chi connectivity index (χ0n) is 12.2. The van der Waals surface area contributed by atoms with E-state index in [1.165, 1.54) is 24.4 Å². The molecule has 0 aromatic heterocycles. The molecule has 0 radical (unpaired) electrons. The third kappa shape index (κ3) is 4.99. The van der Waals surface area contributed by atoms with Crippen LogP contribution in [0.3, 0.4) is 0 Å². The predicted molar refractivity (Wildman–Crippen MR) is 89.1 cm³/mol. The third-order valence-electron chi connectivity index (χ3n) is 2.93. The monoisotopic (exact) mass is 347 g/mol. The minimum absolute atomic E-state index is 0.227. The lowest BCUT2D eigenvalue weighted by Crippen LogP contribution is -2.31. The highest BCUT2D eigenvalue weighted by molar-refractivity contribution is 7.80. The Labute approximate surface area is 142 Å². The van der Waals surface area contributed by atoms with Crippen molar-refractivity contribution in [3.05, 3.63) is 69.5 Å². The highest BCUT2D eigenvalue weighted by Gasteiger charge is 2.06. The molecule has 124 valence electrons. The number of hydrazone groups is 1. The molecule has 0 amide bonds. The van der Waals surface area contributed by atoms with E-state index in [4.69, 9.17) is 12.2 Å². The van der Waals surface area contributed by atoms with E-state index in [2.05, 4.69) is 15.8 Å². The maximum atomic E-state index is 12.8. The maximum Gasteiger partial charge on any atom is 0.262 e. The first-order valence-electron chi connectivity index (χ1n) is 6.72. The fourth-order valence-corrected chi connectivity index (χ4v) is 1.87. The smallest absolute Gasteiger partial charge is 0.262 e. The second kappa shape index (κ2) is 7.97. The van der Waals surface area contributed by atoms with Gasteiger partial charge in [-0.15, -0.1) is 0 Å².